The Bertz CT molecular complexity index is 4.14. The summed E-state index contributed by atoms with van der Waals surface area (Å²) in [5.74, 6) is 0. The zero-order chi connectivity index (χ0) is 0. The summed E-state index contributed by atoms with van der Waals surface area (Å²) in [5.41, 5.74) is 0. The Hall–Kier alpha value is -0.355. The number of halogens is 6. The predicted octanol–water partition coefficient (Wildman–Crippen LogP) is -0.269. The highest BCUT2D eigenvalue weighted by Gasteiger charge is 0.0814. The molecule has 0 radical (unpaired) electrons. The Kier molecular flexibility index (Phi) is 232000. The molecule has 0 atom stereocenters. The van der Waals surface area contributed by atoms with Gasteiger partial charge in [-0.2, -0.15) is 0 Å². The topological polar surface area (TPSA) is 0 Å². The van der Waals surface area contributed by atoms with Crippen LogP contribution < -0.4 is 0 Å². The molecule has 0 rings (SSSR count). The third-order valence-corrected chi connectivity index (χ3v) is 0. The van der Waals surface area contributed by atoms with E-state index in [1.165, 1.54) is 0 Å². The first-order valence-corrected chi connectivity index (χ1v) is 0. The summed E-state index contributed by atoms with van der Waals surface area (Å²) in [4.78, 5) is 0. The summed E-state index contributed by atoms with van der Waals surface area (Å²) >= 11 is 0. The molecule has 7 heavy (non-hydrogen) atoms. The van der Waals surface area contributed by atoms with Gasteiger partial charge in [-0.05, 0) is 0 Å². The van der Waals surface area contributed by atoms with E-state index in [1.54, 1.807) is 0 Å². The van der Waals surface area contributed by atoms with Gasteiger partial charge in [0.15, 0.2) is 0 Å². The van der Waals surface area contributed by atoms with Crippen molar-refractivity contribution in [2.24, 2.45) is 0 Å². The molecule has 0 aromatic rings. The normalized spacial score (nSPS) is 0. The molecule has 0 spiro atoms. The maximum absolute atomic E-state index is 0. The van der Waals surface area contributed by atoms with Crippen molar-refractivity contribution in [3.63, 3.8) is 0 Å². The van der Waals surface area contributed by atoms with Crippen molar-refractivity contribution in [3.05, 3.63) is 0 Å². The van der Waals surface area contributed by atoms with E-state index < -0.39 is 0 Å². The van der Waals surface area contributed by atoms with Crippen molar-refractivity contribution in [2.75, 3.05) is 0 Å². The minimum atomic E-state index is 0. The molecule has 0 saturated heterocycles. The molecule has 0 unspecified atom stereocenters. The molecule has 0 nitrogen and oxygen atoms in total. The second-order valence-electron chi connectivity index (χ2n) is 0. The van der Waals surface area contributed by atoms with E-state index in [9.17, 15) is 0 Å². The van der Waals surface area contributed by atoms with Gasteiger partial charge in [-0.3, -0.25) is 28.2 Å². The Labute approximate surface area is 38.1 Å². The highest BCUT2D eigenvalue weighted by atomic mass is 19.0. The quantitative estimate of drug-likeness (QED) is 0.316. The number of rotatable bonds is 0. The van der Waals surface area contributed by atoms with Crippen molar-refractivity contribution in [1.29, 1.82) is 0 Å². The molecule has 0 aromatic heterocycles. The molecular weight excluding hydrogens is 125 g/mol. The summed E-state index contributed by atoms with van der Waals surface area (Å²) < 4.78 is 0. The maximum atomic E-state index is 0. The molecule has 54 valence electrons. The van der Waals surface area contributed by atoms with Crippen molar-refractivity contribution < 1.29 is 28.2 Å². The van der Waals surface area contributed by atoms with E-state index in [-0.39, 0.29) is 36.6 Å². The average molecular weight is 134 g/mol. The van der Waals surface area contributed by atoms with E-state index in [2.05, 4.69) is 0 Å². The molecule has 0 heterocycles. The van der Waals surface area contributed by atoms with Crippen LogP contribution in [-0.2, 0) is 0 Å². The Balaban J connectivity index is 0. The number of hydrogen-bond donors (Lipinski definition) is 0. The second kappa shape index (κ2) is 966. The summed E-state index contributed by atoms with van der Waals surface area (Å²) in [6.45, 7) is 0. The molecule has 0 aromatic carbocycles. The standard InChI is InChI=1S/BH3.6FH/h1H3;6*1H. The first kappa shape index (κ1) is 1680. The zero-order valence-corrected chi connectivity index (χ0v) is 2.45. The second-order valence-corrected chi connectivity index (χ2v) is 0. The van der Waals surface area contributed by atoms with Gasteiger partial charge in [-0.25, -0.2) is 0 Å². The Morgan fingerprint density at radius 2 is 0.286 bits per heavy atom. The first-order valence-electron chi connectivity index (χ1n) is 0. The lowest BCUT2D eigenvalue weighted by molar-refractivity contribution is 1.11. The number of hydrogen-bond acceptors (Lipinski definition) is 0. The molecule has 0 bridgehead atoms. The molecule has 0 aliphatic carbocycles. The van der Waals surface area contributed by atoms with E-state index >= 15 is 0 Å². The van der Waals surface area contributed by atoms with E-state index in [0.29, 0.717) is 0 Å². The Morgan fingerprint density at radius 1 is 0.286 bits per heavy atom. The van der Waals surface area contributed by atoms with Crippen molar-refractivity contribution >= 4 is 8.41 Å². The van der Waals surface area contributed by atoms with Gasteiger partial charge < -0.3 is 0 Å². The van der Waals surface area contributed by atoms with Crippen LogP contribution >= 0.6 is 0 Å². The summed E-state index contributed by atoms with van der Waals surface area (Å²) in [5, 5.41) is 0. The molecule has 7 heteroatoms. The van der Waals surface area contributed by atoms with Crippen LogP contribution in [0, 0.1) is 0 Å². The van der Waals surface area contributed by atoms with Crippen molar-refractivity contribution in [3.8, 4) is 0 Å². The van der Waals surface area contributed by atoms with Gasteiger partial charge in [0.05, 0.1) is 8.41 Å². The van der Waals surface area contributed by atoms with E-state index in [1.807, 2.05) is 0 Å². The minimum Gasteiger partial charge on any atom is -0.269 e. The summed E-state index contributed by atoms with van der Waals surface area (Å²) in [6, 6.07) is 0. The SMILES string of the molecule is B.F.F.F.F.F.F. The van der Waals surface area contributed by atoms with E-state index in [0.717, 1.165) is 0 Å². The van der Waals surface area contributed by atoms with Crippen LogP contribution in [0.25, 0.3) is 0 Å². The third kappa shape index (κ3) is 595. The fourth-order valence-electron chi connectivity index (χ4n) is 0. The minimum absolute atomic E-state index is 0. The van der Waals surface area contributed by atoms with Gasteiger partial charge in [-0.15, -0.1) is 0 Å². The maximum Gasteiger partial charge on any atom is 0.0814 e. The Morgan fingerprint density at radius 3 is 0.286 bits per heavy atom. The van der Waals surface area contributed by atoms with Gasteiger partial charge in [-0.1, -0.05) is 0 Å². The fraction of sp³-hybridized carbons (Fsp3) is 0. The van der Waals surface area contributed by atoms with Crippen molar-refractivity contribution in [2.45, 2.75) is 0 Å². The highest BCUT2D eigenvalue weighted by Crippen LogP contribution is 0.425. The van der Waals surface area contributed by atoms with Gasteiger partial charge >= 0.3 is 0 Å². The van der Waals surface area contributed by atoms with Crippen molar-refractivity contribution in [1.82, 2.24) is 0 Å². The largest absolute Gasteiger partial charge is 0.269 e. The smallest absolute Gasteiger partial charge is 0.0814 e. The van der Waals surface area contributed by atoms with Gasteiger partial charge in [0.2, 0.25) is 0 Å². The molecule has 0 aliphatic heterocycles. The molecule has 0 fully saturated rings. The fourth-order valence-corrected chi connectivity index (χ4v) is 0. The average Bonchev–Trinajstić information content (AvgIpc) is 0. The lowest BCUT2D eigenvalue weighted by atomic mass is 10.8. The summed E-state index contributed by atoms with van der Waals surface area (Å²) in [7, 11) is 0. The molecule has 0 saturated carbocycles. The lowest BCUT2D eigenvalue weighted by Crippen LogP contribution is -0.381. The van der Waals surface area contributed by atoms with Crippen LogP contribution in [0.2, 0.25) is 0 Å². The first-order chi connectivity index (χ1) is 0. The third-order valence-electron chi connectivity index (χ3n) is 0. The van der Waals surface area contributed by atoms with Gasteiger partial charge in [0, 0.05) is 0 Å². The van der Waals surface area contributed by atoms with Gasteiger partial charge in [0.25, 0.3) is 0 Å². The predicted molar refractivity (Wildman–Crippen MR) is 25.0 cm³/mol. The highest BCUT2D eigenvalue weighted by molar-refractivity contribution is 5.75. The molecule has 0 N–H and O–H groups in total. The van der Waals surface area contributed by atoms with Crippen LogP contribution in [0.4, 0.5) is 28.2 Å². The van der Waals surface area contributed by atoms with Crippen LogP contribution in [0.5, 0.6) is 0 Å². The van der Waals surface area contributed by atoms with Crippen LogP contribution in [0.1, 0.15) is 0 Å². The molecule has 0 aliphatic rings. The van der Waals surface area contributed by atoms with E-state index in [4.69, 9.17) is 0 Å². The van der Waals surface area contributed by atoms with Crippen LogP contribution in [0.3, 0.4) is 0 Å². The lowest BCUT2D eigenvalue weighted by Gasteiger charge is -0.270. The zero-order valence-electron chi connectivity index (χ0n) is 2.45. The molecule has 0 amide bonds. The molecular formula is H9BF6. The monoisotopic (exact) mass is 134 g/mol. The van der Waals surface area contributed by atoms with Crippen LogP contribution in [-0.4, -0.2) is 8.41 Å². The van der Waals surface area contributed by atoms with Gasteiger partial charge in [0.1, 0.15) is 0 Å². The van der Waals surface area contributed by atoms with Crippen LogP contribution in [0.15, 0.2) is 0 Å². The summed E-state index contributed by atoms with van der Waals surface area (Å²) in [6.07, 6.45) is 0.